The van der Waals surface area contributed by atoms with E-state index in [0.29, 0.717) is 6.04 Å². The van der Waals surface area contributed by atoms with Crippen molar-refractivity contribution < 1.29 is 4.74 Å². The van der Waals surface area contributed by atoms with Gasteiger partial charge in [0.1, 0.15) is 5.75 Å². The molecule has 1 aliphatic rings. The lowest BCUT2D eigenvalue weighted by Gasteiger charge is -2.21. The van der Waals surface area contributed by atoms with Gasteiger partial charge >= 0.3 is 0 Å². The Morgan fingerprint density at radius 1 is 1.29 bits per heavy atom. The predicted molar refractivity (Wildman–Crippen MR) is 71.3 cm³/mol. The third-order valence-electron chi connectivity index (χ3n) is 3.91. The highest BCUT2D eigenvalue weighted by Crippen LogP contribution is 2.28. The molecule has 1 fully saturated rings. The highest BCUT2D eigenvalue weighted by atomic mass is 16.5. The first-order valence-corrected chi connectivity index (χ1v) is 6.66. The molecule has 2 heteroatoms. The number of methoxy groups -OCH3 is 1. The molecule has 0 saturated heterocycles. The zero-order valence-electron chi connectivity index (χ0n) is 10.9. The maximum atomic E-state index is 5.36. The molecule has 1 N–H and O–H groups in total. The van der Waals surface area contributed by atoms with Crippen LogP contribution in [0.25, 0.3) is 0 Å². The second-order valence-corrected chi connectivity index (χ2v) is 5.03. The molecule has 94 valence electrons. The summed E-state index contributed by atoms with van der Waals surface area (Å²) in [5, 5.41) is 3.64. The second-order valence-electron chi connectivity index (χ2n) is 5.03. The first-order chi connectivity index (χ1) is 8.31. The molecule has 17 heavy (non-hydrogen) atoms. The summed E-state index contributed by atoms with van der Waals surface area (Å²) in [6, 6.07) is 8.86. The molecule has 0 radical (unpaired) electrons. The Balaban J connectivity index is 1.88. The molecule has 1 atom stereocenters. The molecule has 1 saturated carbocycles. The lowest BCUT2D eigenvalue weighted by Crippen LogP contribution is -2.31. The fraction of sp³-hybridized carbons (Fsp3) is 0.600. The van der Waals surface area contributed by atoms with Gasteiger partial charge in [0.25, 0.3) is 0 Å². The van der Waals surface area contributed by atoms with Crippen LogP contribution in [0.1, 0.15) is 38.2 Å². The normalized spacial score (nSPS) is 18.2. The Hall–Kier alpha value is -1.02. The van der Waals surface area contributed by atoms with E-state index < -0.39 is 0 Å². The summed E-state index contributed by atoms with van der Waals surface area (Å²) in [5.74, 6) is 1.85. The Morgan fingerprint density at radius 3 is 2.71 bits per heavy atom. The quantitative estimate of drug-likeness (QED) is 0.842. The van der Waals surface area contributed by atoms with Crippen LogP contribution in [0.5, 0.6) is 5.75 Å². The van der Waals surface area contributed by atoms with Crippen molar-refractivity contribution in [2.45, 2.75) is 45.2 Å². The Bertz CT molecular complexity index is 345. The molecule has 0 bridgehead atoms. The van der Waals surface area contributed by atoms with Crippen molar-refractivity contribution in [2.24, 2.45) is 5.92 Å². The third-order valence-corrected chi connectivity index (χ3v) is 3.91. The Labute approximate surface area is 104 Å². The van der Waals surface area contributed by atoms with Crippen LogP contribution in [-0.2, 0) is 6.54 Å². The zero-order valence-corrected chi connectivity index (χ0v) is 10.9. The third kappa shape index (κ3) is 3.22. The molecule has 0 heterocycles. The molecule has 1 aliphatic carbocycles. The lowest BCUT2D eigenvalue weighted by molar-refractivity contribution is 0.371. The molecule has 2 nitrogen and oxygen atoms in total. The average Bonchev–Trinajstić information content (AvgIpc) is 2.90. The van der Waals surface area contributed by atoms with E-state index in [-0.39, 0.29) is 0 Å². The number of para-hydroxylation sites is 1. The van der Waals surface area contributed by atoms with Gasteiger partial charge in [-0.2, -0.15) is 0 Å². The monoisotopic (exact) mass is 233 g/mol. The summed E-state index contributed by atoms with van der Waals surface area (Å²) in [4.78, 5) is 0. The van der Waals surface area contributed by atoms with Gasteiger partial charge in [-0.15, -0.1) is 0 Å². The van der Waals surface area contributed by atoms with Gasteiger partial charge in [-0.1, -0.05) is 31.0 Å². The van der Waals surface area contributed by atoms with Crippen molar-refractivity contribution >= 4 is 0 Å². The van der Waals surface area contributed by atoms with Crippen LogP contribution in [0.2, 0.25) is 0 Å². The SMILES string of the molecule is COc1ccccc1CNC(C)C1CCCC1. The van der Waals surface area contributed by atoms with Gasteiger partial charge in [0.15, 0.2) is 0 Å². The summed E-state index contributed by atoms with van der Waals surface area (Å²) >= 11 is 0. The number of ether oxygens (including phenoxy) is 1. The van der Waals surface area contributed by atoms with E-state index in [1.54, 1.807) is 7.11 Å². The van der Waals surface area contributed by atoms with Crippen molar-refractivity contribution in [3.05, 3.63) is 29.8 Å². The van der Waals surface area contributed by atoms with E-state index in [1.807, 2.05) is 12.1 Å². The van der Waals surface area contributed by atoms with Crippen LogP contribution in [0.3, 0.4) is 0 Å². The highest BCUT2D eigenvalue weighted by Gasteiger charge is 2.21. The highest BCUT2D eigenvalue weighted by molar-refractivity contribution is 5.33. The summed E-state index contributed by atoms with van der Waals surface area (Å²) in [7, 11) is 1.74. The van der Waals surface area contributed by atoms with E-state index in [2.05, 4.69) is 24.4 Å². The number of benzene rings is 1. The van der Waals surface area contributed by atoms with Crippen molar-refractivity contribution in [3.8, 4) is 5.75 Å². The molecular weight excluding hydrogens is 210 g/mol. The zero-order chi connectivity index (χ0) is 12.1. The van der Waals surface area contributed by atoms with Gasteiger partial charge in [0.05, 0.1) is 7.11 Å². The molecule has 2 rings (SSSR count). The van der Waals surface area contributed by atoms with Crippen LogP contribution >= 0.6 is 0 Å². The molecule has 1 unspecified atom stereocenters. The van der Waals surface area contributed by atoms with E-state index in [0.717, 1.165) is 18.2 Å². The van der Waals surface area contributed by atoms with Crippen molar-refractivity contribution in [1.29, 1.82) is 0 Å². The molecule has 0 amide bonds. The Morgan fingerprint density at radius 2 is 2.00 bits per heavy atom. The lowest BCUT2D eigenvalue weighted by atomic mass is 9.99. The van der Waals surface area contributed by atoms with Crippen LogP contribution in [0.4, 0.5) is 0 Å². The fourth-order valence-corrected chi connectivity index (χ4v) is 2.74. The van der Waals surface area contributed by atoms with Crippen LogP contribution < -0.4 is 10.1 Å². The fourth-order valence-electron chi connectivity index (χ4n) is 2.74. The van der Waals surface area contributed by atoms with Crippen molar-refractivity contribution in [2.75, 3.05) is 7.11 Å². The minimum atomic E-state index is 0.613. The minimum Gasteiger partial charge on any atom is -0.496 e. The molecule has 0 aliphatic heterocycles. The number of hydrogen-bond donors (Lipinski definition) is 1. The Kier molecular flexibility index (Phi) is 4.43. The maximum Gasteiger partial charge on any atom is 0.123 e. The van der Waals surface area contributed by atoms with Crippen LogP contribution in [0.15, 0.2) is 24.3 Å². The molecule has 0 spiro atoms. The maximum absolute atomic E-state index is 5.36. The van der Waals surface area contributed by atoms with E-state index >= 15 is 0 Å². The number of hydrogen-bond acceptors (Lipinski definition) is 2. The van der Waals surface area contributed by atoms with E-state index in [4.69, 9.17) is 4.74 Å². The molecule has 1 aromatic carbocycles. The molecule has 0 aromatic heterocycles. The number of rotatable bonds is 5. The number of nitrogens with one attached hydrogen (secondary N) is 1. The molecule has 1 aromatic rings. The van der Waals surface area contributed by atoms with Gasteiger partial charge in [-0.3, -0.25) is 0 Å². The van der Waals surface area contributed by atoms with Gasteiger partial charge < -0.3 is 10.1 Å². The van der Waals surface area contributed by atoms with Crippen LogP contribution in [-0.4, -0.2) is 13.2 Å². The summed E-state index contributed by atoms with van der Waals surface area (Å²) in [6.45, 7) is 3.22. The average molecular weight is 233 g/mol. The second kappa shape index (κ2) is 6.06. The van der Waals surface area contributed by atoms with Gasteiger partial charge in [0.2, 0.25) is 0 Å². The summed E-state index contributed by atoms with van der Waals surface area (Å²) in [5.41, 5.74) is 1.25. The molecular formula is C15H23NO. The van der Waals surface area contributed by atoms with Crippen LogP contribution in [0, 0.1) is 5.92 Å². The van der Waals surface area contributed by atoms with E-state index in [1.165, 1.54) is 31.2 Å². The standard InChI is InChI=1S/C15H23NO/c1-12(13-7-3-4-8-13)16-11-14-9-5-6-10-15(14)17-2/h5-6,9-10,12-13,16H,3-4,7-8,11H2,1-2H3. The topological polar surface area (TPSA) is 21.3 Å². The van der Waals surface area contributed by atoms with Gasteiger partial charge in [0, 0.05) is 18.2 Å². The summed E-state index contributed by atoms with van der Waals surface area (Å²) < 4.78 is 5.36. The first-order valence-electron chi connectivity index (χ1n) is 6.66. The minimum absolute atomic E-state index is 0.613. The first kappa shape index (κ1) is 12.4. The summed E-state index contributed by atoms with van der Waals surface area (Å²) in [6.07, 6.45) is 5.59. The predicted octanol–water partition coefficient (Wildman–Crippen LogP) is 3.36. The van der Waals surface area contributed by atoms with Crippen molar-refractivity contribution in [1.82, 2.24) is 5.32 Å². The van der Waals surface area contributed by atoms with Gasteiger partial charge in [-0.25, -0.2) is 0 Å². The smallest absolute Gasteiger partial charge is 0.123 e. The van der Waals surface area contributed by atoms with Crippen molar-refractivity contribution in [3.63, 3.8) is 0 Å². The van der Waals surface area contributed by atoms with E-state index in [9.17, 15) is 0 Å². The largest absolute Gasteiger partial charge is 0.496 e. The van der Waals surface area contributed by atoms with Gasteiger partial charge in [-0.05, 0) is 31.7 Å².